The van der Waals surface area contributed by atoms with Gasteiger partial charge in [0, 0.05) is 39.6 Å². The van der Waals surface area contributed by atoms with E-state index in [0.29, 0.717) is 0 Å². The molecule has 0 aromatic heterocycles. The lowest BCUT2D eigenvalue weighted by Crippen LogP contribution is -2.21. The monoisotopic (exact) mass is 396 g/mol. The highest BCUT2D eigenvalue weighted by molar-refractivity contribution is 7.94. The number of hydrogen-bond acceptors (Lipinski definition) is 2. The van der Waals surface area contributed by atoms with Crippen molar-refractivity contribution in [2.24, 2.45) is 0 Å². The molecule has 0 fully saturated rings. The molecule has 0 N–H and O–H groups in total. The Morgan fingerprint density at radius 3 is 1.04 bits per heavy atom. The van der Waals surface area contributed by atoms with E-state index in [4.69, 9.17) is 0 Å². The molecule has 0 saturated heterocycles. The minimum absolute atomic E-state index is 0.359. The number of benzene rings is 2. The Labute approximate surface area is 175 Å². The number of hydrogen-bond donors (Lipinski definition) is 0. The molecule has 2 aromatic carbocycles. The predicted molar refractivity (Wildman–Crippen MR) is 134 cm³/mol. The second kappa shape index (κ2) is 9.83. The molecule has 0 saturated carbocycles. The van der Waals surface area contributed by atoms with Gasteiger partial charge in [-0.05, 0) is 82.8 Å². The SMILES string of the molecule is BP(c1cc(CC)c(N(C)C)c(CC)c1)c1cc(CC)c(N(C)C)c(CC)c1. The Kier molecular flexibility index (Phi) is 8.02. The van der Waals surface area contributed by atoms with Crippen molar-refractivity contribution in [2.75, 3.05) is 38.0 Å². The van der Waals surface area contributed by atoms with Crippen LogP contribution in [0.25, 0.3) is 0 Å². The normalized spacial score (nSPS) is 11.2. The van der Waals surface area contributed by atoms with Gasteiger partial charge in [-0.3, -0.25) is 0 Å². The third-order valence-corrected chi connectivity index (χ3v) is 7.76. The molecular weight excluding hydrogens is 358 g/mol. The first-order chi connectivity index (χ1) is 13.3. The van der Waals surface area contributed by atoms with Crippen LogP contribution < -0.4 is 20.4 Å². The van der Waals surface area contributed by atoms with Gasteiger partial charge < -0.3 is 9.80 Å². The summed E-state index contributed by atoms with van der Waals surface area (Å²) in [6.45, 7) is 9.11. The molecule has 0 aliphatic carbocycles. The van der Waals surface area contributed by atoms with Crippen molar-refractivity contribution in [3.63, 3.8) is 0 Å². The van der Waals surface area contributed by atoms with E-state index in [9.17, 15) is 0 Å². The smallest absolute Gasteiger partial charge is 0.145 e. The molecule has 0 heterocycles. The van der Waals surface area contributed by atoms with Gasteiger partial charge in [0.2, 0.25) is 0 Å². The standard InChI is InChI=1S/C24H38BN2P/c1-9-17-13-21(14-18(10-2)23(17)26(5)6)28(25)22-15-19(11-3)24(27(7)8)20(12-4)16-22/h13-16H,9-12,25H2,1-8H3. The molecule has 152 valence electrons. The largest absolute Gasteiger partial charge is 0.377 e. The van der Waals surface area contributed by atoms with E-state index in [1.54, 1.807) is 0 Å². The van der Waals surface area contributed by atoms with E-state index in [1.807, 2.05) is 0 Å². The summed E-state index contributed by atoms with van der Waals surface area (Å²) in [7, 11) is 10.8. The summed E-state index contributed by atoms with van der Waals surface area (Å²) in [5.41, 5.74) is 8.75. The quantitative estimate of drug-likeness (QED) is 0.491. The summed E-state index contributed by atoms with van der Waals surface area (Å²) in [5, 5.41) is 3.02. The molecule has 2 rings (SSSR count). The lowest BCUT2D eigenvalue weighted by molar-refractivity contribution is 1.02. The topological polar surface area (TPSA) is 6.48 Å². The van der Waals surface area contributed by atoms with Gasteiger partial charge in [0.1, 0.15) is 7.57 Å². The van der Waals surface area contributed by atoms with Gasteiger partial charge in [-0.15, -0.1) is 0 Å². The fourth-order valence-corrected chi connectivity index (χ4v) is 5.94. The molecular formula is C24H38BN2P. The summed E-state index contributed by atoms with van der Waals surface area (Å²) in [6.07, 6.45) is 4.32. The van der Waals surface area contributed by atoms with Crippen LogP contribution in [0.1, 0.15) is 49.9 Å². The third-order valence-electron chi connectivity index (χ3n) is 5.70. The summed E-state index contributed by atoms with van der Waals surface area (Å²) in [5.74, 6) is 0. The molecule has 4 heteroatoms. The molecule has 2 aromatic rings. The van der Waals surface area contributed by atoms with Crippen LogP contribution >= 0.6 is 7.80 Å². The first-order valence-corrected chi connectivity index (χ1v) is 12.5. The van der Waals surface area contributed by atoms with Crippen molar-refractivity contribution in [2.45, 2.75) is 53.4 Å². The first kappa shape index (κ1) is 22.8. The lowest BCUT2D eigenvalue weighted by atomic mass is 10.0. The predicted octanol–water partition coefficient (Wildman–Crippen LogP) is 4.05. The molecule has 0 radical (unpaired) electrons. The van der Waals surface area contributed by atoms with Crippen molar-refractivity contribution < 1.29 is 0 Å². The third kappa shape index (κ3) is 4.57. The van der Waals surface area contributed by atoms with Crippen molar-refractivity contribution >= 4 is 37.3 Å². The first-order valence-electron chi connectivity index (χ1n) is 10.7. The maximum atomic E-state index is 2.47. The van der Waals surface area contributed by atoms with Gasteiger partial charge >= 0.3 is 0 Å². The number of nitrogens with zero attached hydrogens (tertiary/aromatic N) is 2. The van der Waals surface area contributed by atoms with Crippen LogP contribution in [0.2, 0.25) is 0 Å². The number of rotatable bonds is 8. The van der Waals surface area contributed by atoms with Crippen molar-refractivity contribution in [1.82, 2.24) is 0 Å². The Balaban J connectivity index is 2.61. The van der Waals surface area contributed by atoms with Crippen LogP contribution in [-0.4, -0.2) is 35.8 Å². The van der Waals surface area contributed by atoms with E-state index in [0.717, 1.165) is 25.7 Å². The molecule has 0 amide bonds. The molecule has 0 aliphatic heterocycles. The van der Waals surface area contributed by atoms with E-state index in [-0.39, 0.29) is 7.80 Å². The molecule has 0 bridgehead atoms. The minimum Gasteiger partial charge on any atom is -0.377 e. The molecule has 0 spiro atoms. The molecule has 0 unspecified atom stereocenters. The highest BCUT2D eigenvalue weighted by Crippen LogP contribution is 2.35. The molecule has 2 nitrogen and oxygen atoms in total. The van der Waals surface area contributed by atoms with Crippen molar-refractivity contribution in [3.8, 4) is 0 Å². The number of aryl methyl sites for hydroxylation is 4. The summed E-state index contributed by atoms with van der Waals surface area (Å²) < 4.78 is 0. The maximum absolute atomic E-state index is 2.47. The zero-order chi connectivity index (χ0) is 21.0. The van der Waals surface area contributed by atoms with Gasteiger partial charge in [0.25, 0.3) is 0 Å². The van der Waals surface area contributed by atoms with Gasteiger partial charge in [0.15, 0.2) is 0 Å². The second-order valence-corrected chi connectivity index (χ2v) is 10.1. The summed E-state index contributed by atoms with van der Waals surface area (Å²) >= 11 is 0. The van der Waals surface area contributed by atoms with E-state index in [2.05, 4.69) is 97.5 Å². The Bertz CT molecular complexity index is 697. The number of anilines is 2. The van der Waals surface area contributed by atoms with Crippen LogP contribution in [0.3, 0.4) is 0 Å². The van der Waals surface area contributed by atoms with Crippen molar-refractivity contribution in [1.29, 1.82) is 0 Å². The molecule has 0 aliphatic rings. The van der Waals surface area contributed by atoms with Crippen LogP contribution in [0.5, 0.6) is 0 Å². The van der Waals surface area contributed by atoms with Crippen LogP contribution in [0.4, 0.5) is 11.4 Å². The van der Waals surface area contributed by atoms with E-state index >= 15 is 0 Å². The Morgan fingerprint density at radius 1 is 0.607 bits per heavy atom. The minimum atomic E-state index is -0.359. The maximum Gasteiger partial charge on any atom is 0.145 e. The fourth-order valence-electron chi connectivity index (χ4n) is 4.25. The Morgan fingerprint density at radius 2 is 0.857 bits per heavy atom. The Hall–Kier alpha value is -1.47. The lowest BCUT2D eigenvalue weighted by Gasteiger charge is -2.26. The van der Waals surface area contributed by atoms with Crippen LogP contribution in [0, 0.1) is 0 Å². The zero-order valence-electron chi connectivity index (χ0n) is 19.5. The van der Waals surface area contributed by atoms with Crippen LogP contribution in [-0.2, 0) is 25.7 Å². The zero-order valence-corrected chi connectivity index (χ0v) is 20.4. The average molecular weight is 396 g/mol. The van der Waals surface area contributed by atoms with Gasteiger partial charge in [-0.2, -0.15) is 0 Å². The van der Waals surface area contributed by atoms with Crippen LogP contribution in [0.15, 0.2) is 24.3 Å². The van der Waals surface area contributed by atoms with Gasteiger partial charge in [0.05, 0.1) is 0 Å². The fraction of sp³-hybridized carbons (Fsp3) is 0.500. The summed E-state index contributed by atoms with van der Waals surface area (Å²) in [4.78, 5) is 4.57. The average Bonchev–Trinajstić information content (AvgIpc) is 2.70. The van der Waals surface area contributed by atoms with E-state index in [1.165, 1.54) is 44.2 Å². The molecule has 28 heavy (non-hydrogen) atoms. The van der Waals surface area contributed by atoms with E-state index < -0.39 is 0 Å². The highest BCUT2D eigenvalue weighted by Gasteiger charge is 2.18. The molecule has 0 atom stereocenters. The van der Waals surface area contributed by atoms with Gasteiger partial charge in [-0.1, -0.05) is 35.5 Å². The van der Waals surface area contributed by atoms with Crippen molar-refractivity contribution in [3.05, 3.63) is 46.5 Å². The second-order valence-electron chi connectivity index (χ2n) is 7.99. The highest BCUT2D eigenvalue weighted by atomic mass is 31.1. The van der Waals surface area contributed by atoms with Gasteiger partial charge in [-0.25, -0.2) is 0 Å². The summed E-state index contributed by atoms with van der Waals surface area (Å²) in [6, 6.07) is 9.88.